The molecule has 1 aliphatic heterocycles. The molecule has 1 aromatic heterocycles. The molecule has 0 radical (unpaired) electrons. The van der Waals surface area contributed by atoms with Gasteiger partial charge in [0, 0.05) is 19.3 Å². The highest BCUT2D eigenvalue weighted by atomic mass is 16.2. The minimum absolute atomic E-state index is 0.0400. The third-order valence-electron chi connectivity index (χ3n) is 3.38. The fourth-order valence-electron chi connectivity index (χ4n) is 2.27. The molecule has 0 saturated heterocycles. The first-order valence-corrected chi connectivity index (χ1v) is 7.01. The number of urea groups is 1. The van der Waals surface area contributed by atoms with Crippen LogP contribution in [0.4, 0.5) is 10.5 Å². The number of nitrogens with one attached hydrogen (secondary N) is 1. The molecule has 1 atom stereocenters. The number of aryl methyl sites for hydroxylation is 1. The average molecular weight is 262 g/mol. The van der Waals surface area contributed by atoms with Gasteiger partial charge in [0.2, 0.25) is 0 Å². The van der Waals surface area contributed by atoms with Crippen molar-refractivity contribution in [2.24, 2.45) is 0 Å². The fraction of sp³-hybridized carbons (Fsp3) is 0.571. The Morgan fingerprint density at radius 1 is 1.53 bits per heavy atom. The summed E-state index contributed by atoms with van der Waals surface area (Å²) in [6.45, 7) is 5.69. The normalized spacial score (nSPS) is 18.0. The van der Waals surface area contributed by atoms with Crippen LogP contribution in [-0.4, -0.2) is 33.3 Å². The predicted octanol–water partition coefficient (Wildman–Crippen LogP) is 2.87. The SMILES string of the molecule is CCCC[C@H]1C=CCN1C(=O)Nc1cnn(CC)c1. The second-order valence-electron chi connectivity index (χ2n) is 4.80. The van der Waals surface area contributed by atoms with Gasteiger partial charge >= 0.3 is 6.03 Å². The van der Waals surface area contributed by atoms with E-state index in [2.05, 4.69) is 29.5 Å². The number of hydrogen-bond donors (Lipinski definition) is 1. The van der Waals surface area contributed by atoms with Crippen LogP contribution in [0, 0.1) is 0 Å². The number of anilines is 1. The van der Waals surface area contributed by atoms with Crippen molar-refractivity contribution in [1.29, 1.82) is 0 Å². The quantitative estimate of drug-likeness (QED) is 0.829. The Hall–Kier alpha value is -1.78. The molecule has 19 heavy (non-hydrogen) atoms. The first-order valence-electron chi connectivity index (χ1n) is 7.01. The molecule has 2 rings (SSSR count). The molecule has 0 bridgehead atoms. The van der Waals surface area contributed by atoms with Crippen LogP contribution in [0.1, 0.15) is 33.1 Å². The summed E-state index contributed by atoms with van der Waals surface area (Å²) in [5, 5.41) is 7.06. The second kappa shape index (κ2) is 6.41. The standard InChI is InChI=1S/C14H22N4O/c1-3-5-7-13-8-6-9-18(13)14(19)16-12-10-15-17(4-2)11-12/h6,8,10-11,13H,3-5,7,9H2,1-2H3,(H,16,19)/t13-/m0/s1. The first kappa shape index (κ1) is 13.6. The maximum atomic E-state index is 12.2. The number of carbonyl (C=O) groups excluding carboxylic acids is 1. The van der Waals surface area contributed by atoms with E-state index in [0.29, 0.717) is 6.54 Å². The maximum absolute atomic E-state index is 12.2. The Labute approximate surface area is 114 Å². The number of hydrogen-bond acceptors (Lipinski definition) is 2. The summed E-state index contributed by atoms with van der Waals surface area (Å²) >= 11 is 0. The lowest BCUT2D eigenvalue weighted by atomic mass is 10.1. The Morgan fingerprint density at radius 2 is 2.37 bits per heavy atom. The fourth-order valence-corrected chi connectivity index (χ4v) is 2.27. The zero-order chi connectivity index (χ0) is 13.7. The Kier molecular flexibility index (Phi) is 4.60. The van der Waals surface area contributed by atoms with E-state index in [1.807, 2.05) is 18.0 Å². The van der Waals surface area contributed by atoms with E-state index in [-0.39, 0.29) is 12.1 Å². The van der Waals surface area contributed by atoms with Crippen LogP contribution in [0.15, 0.2) is 24.5 Å². The van der Waals surface area contributed by atoms with E-state index < -0.39 is 0 Å². The average Bonchev–Trinajstić information content (AvgIpc) is 3.04. The van der Waals surface area contributed by atoms with Crippen LogP contribution in [-0.2, 0) is 6.54 Å². The highest BCUT2D eigenvalue weighted by molar-refractivity contribution is 5.89. The number of aromatic nitrogens is 2. The van der Waals surface area contributed by atoms with Crippen molar-refractivity contribution in [3.05, 3.63) is 24.5 Å². The predicted molar refractivity (Wildman–Crippen MR) is 76.1 cm³/mol. The number of amides is 2. The van der Waals surface area contributed by atoms with Crippen molar-refractivity contribution in [2.75, 3.05) is 11.9 Å². The van der Waals surface area contributed by atoms with Gasteiger partial charge in [-0.25, -0.2) is 4.79 Å². The van der Waals surface area contributed by atoms with Gasteiger partial charge in [0.05, 0.1) is 17.9 Å². The summed E-state index contributed by atoms with van der Waals surface area (Å²) in [6.07, 6.45) is 11.1. The van der Waals surface area contributed by atoms with E-state index in [9.17, 15) is 4.79 Å². The van der Waals surface area contributed by atoms with Crippen LogP contribution < -0.4 is 5.32 Å². The molecule has 0 unspecified atom stereocenters. The van der Waals surface area contributed by atoms with Gasteiger partial charge in [-0.15, -0.1) is 0 Å². The van der Waals surface area contributed by atoms with Crippen molar-refractivity contribution in [2.45, 2.75) is 45.7 Å². The topological polar surface area (TPSA) is 50.2 Å². The van der Waals surface area contributed by atoms with Crippen molar-refractivity contribution < 1.29 is 4.79 Å². The van der Waals surface area contributed by atoms with Gasteiger partial charge in [0.1, 0.15) is 0 Å². The second-order valence-corrected chi connectivity index (χ2v) is 4.80. The molecule has 104 valence electrons. The van der Waals surface area contributed by atoms with Crippen molar-refractivity contribution >= 4 is 11.7 Å². The molecule has 2 amide bonds. The monoisotopic (exact) mass is 262 g/mol. The molecule has 0 aromatic carbocycles. The maximum Gasteiger partial charge on any atom is 0.322 e. The minimum atomic E-state index is -0.0400. The lowest BCUT2D eigenvalue weighted by molar-refractivity contribution is 0.208. The van der Waals surface area contributed by atoms with Gasteiger partial charge in [0.25, 0.3) is 0 Å². The molecule has 1 aromatic rings. The Balaban J connectivity index is 1.91. The third kappa shape index (κ3) is 3.36. The van der Waals surface area contributed by atoms with E-state index in [0.717, 1.165) is 31.5 Å². The smallest absolute Gasteiger partial charge is 0.314 e. The minimum Gasteiger partial charge on any atom is -0.314 e. The lowest BCUT2D eigenvalue weighted by Gasteiger charge is -2.24. The summed E-state index contributed by atoms with van der Waals surface area (Å²) in [4.78, 5) is 14.1. The van der Waals surface area contributed by atoms with E-state index in [4.69, 9.17) is 0 Å². The molecule has 0 aliphatic carbocycles. The van der Waals surface area contributed by atoms with Crippen LogP contribution >= 0.6 is 0 Å². The molecule has 0 spiro atoms. The molecule has 1 N–H and O–H groups in total. The summed E-state index contributed by atoms with van der Waals surface area (Å²) in [7, 11) is 0. The van der Waals surface area contributed by atoms with E-state index >= 15 is 0 Å². The number of rotatable bonds is 5. The van der Waals surface area contributed by atoms with Crippen LogP contribution in [0.25, 0.3) is 0 Å². The van der Waals surface area contributed by atoms with Gasteiger partial charge in [-0.05, 0) is 13.3 Å². The molecule has 5 heteroatoms. The molecule has 2 heterocycles. The molecular weight excluding hydrogens is 240 g/mol. The lowest BCUT2D eigenvalue weighted by Crippen LogP contribution is -2.39. The van der Waals surface area contributed by atoms with Crippen LogP contribution in [0.5, 0.6) is 0 Å². The molecular formula is C14H22N4O. The zero-order valence-electron chi connectivity index (χ0n) is 11.7. The third-order valence-corrected chi connectivity index (χ3v) is 3.38. The first-order chi connectivity index (χ1) is 9.24. The highest BCUT2D eigenvalue weighted by Gasteiger charge is 2.24. The van der Waals surface area contributed by atoms with Crippen LogP contribution in [0.3, 0.4) is 0 Å². The summed E-state index contributed by atoms with van der Waals surface area (Å²) in [5.41, 5.74) is 0.757. The van der Waals surface area contributed by atoms with Gasteiger partial charge in [-0.2, -0.15) is 5.10 Å². The molecule has 5 nitrogen and oxygen atoms in total. The van der Waals surface area contributed by atoms with Crippen molar-refractivity contribution in [3.8, 4) is 0 Å². The summed E-state index contributed by atoms with van der Waals surface area (Å²) in [5.74, 6) is 0. The van der Waals surface area contributed by atoms with Crippen molar-refractivity contribution in [3.63, 3.8) is 0 Å². The highest BCUT2D eigenvalue weighted by Crippen LogP contribution is 2.17. The summed E-state index contributed by atoms with van der Waals surface area (Å²) < 4.78 is 1.80. The Morgan fingerprint density at radius 3 is 3.05 bits per heavy atom. The molecule has 0 fully saturated rings. The Bertz CT molecular complexity index is 452. The van der Waals surface area contributed by atoms with E-state index in [1.54, 1.807) is 10.9 Å². The largest absolute Gasteiger partial charge is 0.322 e. The molecule has 0 saturated carbocycles. The number of nitrogens with zero attached hydrogens (tertiary/aromatic N) is 3. The van der Waals surface area contributed by atoms with Gasteiger partial charge in [-0.1, -0.05) is 31.9 Å². The number of unbranched alkanes of at least 4 members (excludes halogenated alkanes) is 1. The summed E-state index contributed by atoms with van der Waals surface area (Å²) in [6, 6.07) is 0.197. The van der Waals surface area contributed by atoms with E-state index in [1.165, 1.54) is 0 Å². The molecule has 1 aliphatic rings. The zero-order valence-corrected chi connectivity index (χ0v) is 11.7. The van der Waals surface area contributed by atoms with Gasteiger partial charge in [-0.3, -0.25) is 4.68 Å². The van der Waals surface area contributed by atoms with Crippen molar-refractivity contribution in [1.82, 2.24) is 14.7 Å². The van der Waals surface area contributed by atoms with Gasteiger partial charge in [0.15, 0.2) is 0 Å². The van der Waals surface area contributed by atoms with Crippen LogP contribution in [0.2, 0.25) is 0 Å². The number of carbonyl (C=O) groups is 1. The van der Waals surface area contributed by atoms with Gasteiger partial charge < -0.3 is 10.2 Å².